The lowest BCUT2D eigenvalue weighted by Crippen LogP contribution is -2.30. The van der Waals surface area contributed by atoms with Crippen LogP contribution in [0, 0.1) is 0 Å². The molecule has 1 unspecified atom stereocenters. The van der Waals surface area contributed by atoms with Gasteiger partial charge >= 0.3 is 17.9 Å². The molecule has 0 rings (SSSR count). The van der Waals surface area contributed by atoms with E-state index in [1.807, 2.05) is 0 Å². The van der Waals surface area contributed by atoms with E-state index in [-0.39, 0.29) is 31.1 Å². The van der Waals surface area contributed by atoms with Gasteiger partial charge in [0, 0.05) is 19.3 Å². The second kappa shape index (κ2) is 69.3. The molecular weight excluding hydrogens is 997 g/mol. The van der Waals surface area contributed by atoms with Crippen LogP contribution in [-0.2, 0) is 28.6 Å². The van der Waals surface area contributed by atoms with Crippen molar-refractivity contribution in [3.8, 4) is 0 Å². The highest BCUT2D eigenvalue weighted by Gasteiger charge is 2.19. The summed E-state index contributed by atoms with van der Waals surface area (Å²) in [7, 11) is 0. The minimum Gasteiger partial charge on any atom is -0.462 e. The van der Waals surface area contributed by atoms with Gasteiger partial charge in [0.05, 0.1) is 0 Å². The lowest BCUT2D eigenvalue weighted by Gasteiger charge is -2.18. The molecule has 0 N–H and O–H groups in total. The molecule has 0 heterocycles. The number of esters is 3. The first-order valence-corrected chi connectivity index (χ1v) is 35.4. The van der Waals surface area contributed by atoms with E-state index >= 15 is 0 Å². The zero-order valence-electron chi connectivity index (χ0n) is 54.1. The molecule has 0 spiro atoms. The van der Waals surface area contributed by atoms with Crippen LogP contribution in [0.25, 0.3) is 0 Å². The maximum Gasteiger partial charge on any atom is 0.306 e. The summed E-state index contributed by atoms with van der Waals surface area (Å²) in [5, 5.41) is 0. The lowest BCUT2D eigenvalue weighted by atomic mass is 10.0. The van der Waals surface area contributed by atoms with Crippen molar-refractivity contribution in [2.24, 2.45) is 0 Å². The minimum absolute atomic E-state index is 0.0917. The van der Waals surface area contributed by atoms with Crippen LogP contribution >= 0.6 is 0 Å². The Bertz CT molecular complexity index is 1490. The van der Waals surface area contributed by atoms with Crippen LogP contribution in [0.15, 0.2) is 72.9 Å². The molecule has 0 bridgehead atoms. The number of carbonyl (C=O) groups is 3. The molecule has 6 heteroatoms. The van der Waals surface area contributed by atoms with E-state index in [4.69, 9.17) is 14.2 Å². The Labute approximate surface area is 503 Å². The van der Waals surface area contributed by atoms with Gasteiger partial charge in [-0.3, -0.25) is 14.4 Å². The van der Waals surface area contributed by atoms with E-state index in [9.17, 15) is 14.4 Å². The molecule has 470 valence electrons. The molecule has 0 aliphatic carbocycles. The number of hydrogen-bond acceptors (Lipinski definition) is 6. The molecule has 1 atom stereocenters. The van der Waals surface area contributed by atoms with Gasteiger partial charge in [0.15, 0.2) is 6.10 Å². The maximum absolute atomic E-state index is 12.9. The molecule has 6 nitrogen and oxygen atoms in total. The molecule has 81 heavy (non-hydrogen) atoms. The largest absolute Gasteiger partial charge is 0.462 e. The van der Waals surface area contributed by atoms with Crippen molar-refractivity contribution >= 4 is 17.9 Å². The fraction of sp³-hybridized carbons (Fsp3) is 0.800. The first-order valence-electron chi connectivity index (χ1n) is 35.4. The Hall–Kier alpha value is -3.15. The highest BCUT2D eigenvalue weighted by molar-refractivity contribution is 5.71. The smallest absolute Gasteiger partial charge is 0.306 e. The van der Waals surface area contributed by atoms with Crippen LogP contribution in [0.2, 0.25) is 0 Å². The van der Waals surface area contributed by atoms with Crippen molar-refractivity contribution in [2.75, 3.05) is 13.2 Å². The van der Waals surface area contributed by atoms with Crippen molar-refractivity contribution in [3.63, 3.8) is 0 Å². The molecule has 0 aromatic carbocycles. The van der Waals surface area contributed by atoms with Crippen LogP contribution in [-0.4, -0.2) is 37.2 Å². The normalized spacial score (nSPS) is 12.5. The second-order valence-corrected chi connectivity index (χ2v) is 23.8. The highest BCUT2D eigenvalue weighted by atomic mass is 16.6. The molecule has 0 aliphatic rings. The number of hydrogen-bond donors (Lipinski definition) is 0. The number of carbonyl (C=O) groups excluding carboxylic acids is 3. The van der Waals surface area contributed by atoms with Crippen molar-refractivity contribution < 1.29 is 28.6 Å². The van der Waals surface area contributed by atoms with Crippen molar-refractivity contribution in [1.82, 2.24) is 0 Å². The van der Waals surface area contributed by atoms with Crippen molar-refractivity contribution in [1.29, 1.82) is 0 Å². The molecule has 0 amide bonds. The highest BCUT2D eigenvalue weighted by Crippen LogP contribution is 2.18. The fourth-order valence-electron chi connectivity index (χ4n) is 10.4. The average molecular weight is 1130 g/mol. The average Bonchev–Trinajstić information content (AvgIpc) is 3.47. The Morgan fingerprint density at radius 3 is 0.790 bits per heavy atom. The standard InChI is InChI=1S/C75H134O6/c1-4-7-10-13-16-19-22-25-28-30-31-32-33-34-35-36-37-38-39-40-41-42-43-44-45-48-50-53-56-59-62-65-68-74(77)80-71-72(70-79-73(76)67-64-61-58-55-52-49-46-27-24-21-18-15-12-9-6-3)81-75(78)69-66-63-60-57-54-51-47-29-26-23-20-17-14-11-8-5-2/h9,12,18,20-21,23,27,29,46-47,52,55,72H,4-8,10-11,13-17,19,22,24-26,28,30-45,48-51,53-54,56-71H2,1-3H3/b12-9-,21-18-,23-20-,46-27-,47-29-,55-52-. The topological polar surface area (TPSA) is 78.9 Å². The van der Waals surface area contributed by atoms with Gasteiger partial charge in [0.25, 0.3) is 0 Å². The van der Waals surface area contributed by atoms with Crippen LogP contribution in [0.3, 0.4) is 0 Å². The zero-order valence-corrected chi connectivity index (χ0v) is 54.1. The number of unbranched alkanes of at least 4 members (excludes halogenated alkanes) is 42. The minimum atomic E-state index is -0.800. The van der Waals surface area contributed by atoms with Gasteiger partial charge in [0.1, 0.15) is 13.2 Å². The van der Waals surface area contributed by atoms with Gasteiger partial charge in [0.2, 0.25) is 0 Å². The summed E-state index contributed by atoms with van der Waals surface area (Å²) in [4.78, 5) is 38.3. The summed E-state index contributed by atoms with van der Waals surface area (Å²) in [6, 6.07) is 0. The Balaban J connectivity index is 4.18. The summed E-state index contributed by atoms with van der Waals surface area (Å²) < 4.78 is 16.9. The molecule has 0 saturated carbocycles. The van der Waals surface area contributed by atoms with E-state index in [1.54, 1.807) is 0 Å². The van der Waals surface area contributed by atoms with Gasteiger partial charge in [-0.05, 0) is 89.9 Å². The fourth-order valence-corrected chi connectivity index (χ4v) is 10.4. The van der Waals surface area contributed by atoms with E-state index in [0.29, 0.717) is 19.3 Å². The van der Waals surface area contributed by atoms with E-state index in [1.165, 1.54) is 218 Å². The third kappa shape index (κ3) is 67.5. The Morgan fingerprint density at radius 2 is 0.481 bits per heavy atom. The molecule has 0 aromatic rings. The van der Waals surface area contributed by atoms with Gasteiger partial charge in [-0.15, -0.1) is 0 Å². The maximum atomic E-state index is 12.9. The van der Waals surface area contributed by atoms with Crippen LogP contribution in [0.1, 0.15) is 367 Å². The van der Waals surface area contributed by atoms with E-state index in [0.717, 1.165) is 109 Å². The predicted molar refractivity (Wildman–Crippen MR) is 353 cm³/mol. The van der Waals surface area contributed by atoms with Crippen LogP contribution in [0.5, 0.6) is 0 Å². The zero-order chi connectivity index (χ0) is 58.5. The monoisotopic (exact) mass is 1130 g/mol. The van der Waals surface area contributed by atoms with Gasteiger partial charge in [-0.25, -0.2) is 0 Å². The first-order chi connectivity index (χ1) is 40.0. The number of rotatable bonds is 65. The molecular formula is C75H134O6. The SMILES string of the molecule is CC/C=C\C/C=C\C/C=C\C/C=C\CCCCC(=O)OCC(COC(=O)CCCCCCCCCCCCCCCCCCCCCCCCCCCCCCCCCC)OC(=O)CCCCCCC/C=C\C/C=C\CCCCCC. The summed E-state index contributed by atoms with van der Waals surface area (Å²) >= 11 is 0. The molecule has 0 aliphatic heterocycles. The van der Waals surface area contributed by atoms with Crippen LogP contribution in [0.4, 0.5) is 0 Å². The predicted octanol–water partition coefficient (Wildman–Crippen LogP) is 24.4. The molecule has 0 aromatic heterocycles. The van der Waals surface area contributed by atoms with Gasteiger partial charge in [-0.2, -0.15) is 0 Å². The summed E-state index contributed by atoms with van der Waals surface area (Å²) in [6.07, 6.45) is 91.0. The quantitative estimate of drug-likeness (QED) is 0.0261. The van der Waals surface area contributed by atoms with Crippen LogP contribution < -0.4 is 0 Å². The van der Waals surface area contributed by atoms with Crippen molar-refractivity contribution in [2.45, 2.75) is 374 Å². The number of ether oxygens (including phenoxy) is 3. The second-order valence-electron chi connectivity index (χ2n) is 23.8. The third-order valence-corrected chi connectivity index (χ3v) is 15.7. The summed E-state index contributed by atoms with van der Waals surface area (Å²) in [6.45, 7) is 6.51. The van der Waals surface area contributed by atoms with Gasteiger partial charge in [-0.1, -0.05) is 331 Å². The summed E-state index contributed by atoms with van der Waals surface area (Å²) in [5.74, 6) is -0.932. The lowest BCUT2D eigenvalue weighted by molar-refractivity contribution is -0.167. The van der Waals surface area contributed by atoms with Crippen molar-refractivity contribution in [3.05, 3.63) is 72.9 Å². The third-order valence-electron chi connectivity index (χ3n) is 15.7. The molecule has 0 saturated heterocycles. The number of allylic oxidation sites excluding steroid dienone is 12. The molecule has 0 fully saturated rings. The van der Waals surface area contributed by atoms with Gasteiger partial charge < -0.3 is 14.2 Å². The summed E-state index contributed by atoms with van der Waals surface area (Å²) in [5.41, 5.74) is 0. The molecule has 0 radical (unpaired) electrons. The van der Waals surface area contributed by atoms with E-state index in [2.05, 4.69) is 93.7 Å². The first kappa shape index (κ1) is 77.9. The Kier molecular flexibility index (Phi) is 66.6. The van der Waals surface area contributed by atoms with E-state index < -0.39 is 6.10 Å². The Morgan fingerprint density at radius 1 is 0.259 bits per heavy atom.